The lowest BCUT2D eigenvalue weighted by atomic mass is 10.0. The molecule has 3 aliphatic rings. The van der Waals surface area contributed by atoms with Gasteiger partial charge >= 0.3 is 6.09 Å². The topological polar surface area (TPSA) is 96.1 Å². The second kappa shape index (κ2) is 11.6. The zero-order valence-corrected chi connectivity index (χ0v) is 17.8. The number of nitrogens with one attached hydrogen (secondary N) is 4. The number of carbonyl (C=O) groups excluding carboxylic acids is 1. The first-order valence-corrected chi connectivity index (χ1v) is 11.0. The molecule has 1 saturated carbocycles. The lowest BCUT2D eigenvalue weighted by Gasteiger charge is -2.19. The molecule has 0 aromatic rings. The van der Waals surface area contributed by atoms with Crippen molar-refractivity contribution >= 4 is 6.09 Å². The van der Waals surface area contributed by atoms with Crippen LogP contribution in [0.2, 0.25) is 0 Å². The zero-order chi connectivity index (χ0) is 20.5. The van der Waals surface area contributed by atoms with E-state index in [1.807, 2.05) is 7.05 Å². The predicted octanol–water partition coefficient (Wildman–Crippen LogP) is 1.45. The van der Waals surface area contributed by atoms with Crippen LogP contribution in [-0.4, -0.2) is 70.8 Å². The van der Waals surface area contributed by atoms with E-state index in [4.69, 9.17) is 14.2 Å². The Morgan fingerprint density at radius 1 is 1.14 bits per heavy atom. The maximum atomic E-state index is 11.9. The summed E-state index contributed by atoms with van der Waals surface area (Å²) in [6, 6.07) is 0. The Hall–Kier alpha value is -1.55. The first-order valence-electron chi connectivity index (χ1n) is 11.0. The molecule has 4 N–H and O–H groups in total. The Morgan fingerprint density at radius 2 is 1.86 bits per heavy atom. The van der Waals surface area contributed by atoms with E-state index in [1.54, 1.807) is 0 Å². The molecule has 0 aromatic heterocycles. The molecular weight excluding hydrogens is 374 g/mol. The number of likely N-dealkylation sites (N-methyl/N-ethyl adjacent to an activating group) is 1. The number of allylic oxidation sites excluding steroid dienone is 2. The second-order valence-corrected chi connectivity index (χ2v) is 7.83. The molecule has 2 aliphatic carbocycles. The quantitative estimate of drug-likeness (QED) is 0.356. The monoisotopic (exact) mass is 415 g/mol. The van der Waals surface area contributed by atoms with Crippen molar-refractivity contribution in [3.05, 3.63) is 11.4 Å². The first-order chi connectivity index (χ1) is 14.2. The second-order valence-electron chi connectivity index (χ2n) is 7.83. The van der Waals surface area contributed by atoms with Gasteiger partial charge in [-0.2, -0.15) is 0 Å². The van der Waals surface area contributed by atoms with Crippen LogP contribution in [0.3, 0.4) is 0 Å². The number of rotatable bonds is 12. The molecule has 9 nitrogen and oxygen atoms in total. The van der Waals surface area contributed by atoms with E-state index < -0.39 is 0 Å². The van der Waals surface area contributed by atoms with Crippen LogP contribution < -0.4 is 21.6 Å². The van der Waals surface area contributed by atoms with Crippen molar-refractivity contribution in [2.24, 2.45) is 17.8 Å². The highest BCUT2D eigenvalue weighted by Crippen LogP contribution is 2.54. The number of fused-ring (bicyclic) bond motifs is 1. The van der Waals surface area contributed by atoms with Crippen LogP contribution in [0, 0.1) is 17.8 Å². The Balaban J connectivity index is 0.00000240. The highest BCUT2D eigenvalue weighted by molar-refractivity contribution is 5.67. The lowest BCUT2D eigenvalue weighted by Crippen LogP contribution is -2.37. The number of hydrogen-bond acceptors (Lipinski definition) is 8. The van der Waals surface area contributed by atoms with Crippen LogP contribution >= 0.6 is 0 Å². The summed E-state index contributed by atoms with van der Waals surface area (Å²) >= 11 is 0. The summed E-state index contributed by atoms with van der Waals surface area (Å²) in [5.74, 6) is 1.87. The van der Waals surface area contributed by atoms with Gasteiger partial charge in [0.15, 0.2) is 0 Å². The number of ether oxygens (including phenoxy) is 3. The molecule has 3 atom stereocenters. The van der Waals surface area contributed by atoms with Crippen LogP contribution in [0.5, 0.6) is 0 Å². The van der Waals surface area contributed by atoms with Crippen LogP contribution in [0.1, 0.15) is 35.5 Å². The fourth-order valence-electron chi connectivity index (χ4n) is 4.39. The van der Waals surface area contributed by atoms with Gasteiger partial charge in [0.25, 0.3) is 0 Å². The van der Waals surface area contributed by atoms with Gasteiger partial charge in [0.1, 0.15) is 0 Å². The minimum Gasteiger partial charge on any atom is -0.449 e. The Bertz CT molecular complexity index is 570. The lowest BCUT2D eigenvalue weighted by molar-refractivity contribution is 0.0496. The van der Waals surface area contributed by atoms with Gasteiger partial charge in [0.2, 0.25) is 0 Å². The van der Waals surface area contributed by atoms with Crippen molar-refractivity contribution in [1.82, 2.24) is 26.6 Å². The van der Waals surface area contributed by atoms with Crippen LogP contribution in [0.15, 0.2) is 11.4 Å². The van der Waals surface area contributed by atoms with Gasteiger partial charge < -0.3 is 30.3 Å². The van der Waals surface area contributed by atoms with E-state index in [2.05, 4.69) is 33.5 Å². The van der Waals surface area contributed by atoms with Gasteiger partial charge in [-0.25, -0.2) is 4.79 Å². The van der Waals surface area contributed by atoms with E-state index in [0.717, 1.165) is 32.4 Å². The average Bonchev–Trinajstić information content (AvgIpc) is 3.22. The number of hydrazine groups is 2. The van der Waals surface area contributed by atoms with Crippen LogP contribution in [0.25, 0.3) is 0 Å². The smallest absolute Gasteiger partial charge is 0.407 e. The van der Waals surface area contributed by atoms with Gasteiger partial charge in [0.05, 0.1) is 38.7 Å². The third-order valence-corrected chi connectivity index (χ3v) is 6.07. The van der Waals surface area contributed by atoms with Gasteiger partial charge in [-0.3, -0.25) is 5.01 Å². The number of alkyl carbamates (subject to hydrolysis) is 1. The van der Waals surface area contributed by atoms with Crippen molar-refractivity contribution in [2.75, 3.05) is 59.7 Å². The Labute approximate surface area is 176 Å². The third kappa shape index (κ3) is 6.47. The fraction of sp³-hybridized carbons (Fsp3) is 0.850. The number of hydrogen-bond donors (Lipinski definition) is 4. The van der Waals surface area contributed by atoms with Gasteiger partial charge in [-0.15, -0.1) is 5.53 Å². The summed E-state index contributed by atoms with van der Waals surface area (Å²) in [5.41, 5.74) is 9.30. The highest BCUT2D eigenvalue weighted by atomic mass is 16.6. The van der Waals surface area contributed by atoms with Crippen molar-refractivity contribution < 1.29 is 21.9 Å². The van der Waals surface area contributed by atoms with E-state index in [-0.39, 0.29) is 8.95 Å². The molecule has 3 rings (SSSR count). The fourth-order valence-corrected chi connectivity index (χ4v) is 4.39. The molecule has 0 spiro atoms. The molecular formula is C20H41N5O4. The minimum absolute atomic E-state index is 0. The third-order valence-electron chi connectivity index (χ3n) is 6.07. The normalized spacial score (nSPS) is 25.6. The van der Waals surface area contributed by atoms with Gasteiger partial charge in [-0.1, -0.05) is 0 Å². The highest BCUT2D eigenvalue weighted by Gasteiger charge is 2.50. The van der Waals surface area contributed by atoms with E-state index in [0.29, 0.717) is 57.3 Å². The minimum atomic E-state index is -0.346. The molecule has 1 fully saturated rings. The maximum Gasteiger partial charge on any atom is 0.407 e. The summed E-state index contributed by atoms with van der Waals surface area (Å²) < 4.78 is 16.2. The number of amides is 1. The molecule has 0 saturated heterocycles. The summed E-state index contributed by atoms with van der Waals surface area (Å²) in [7, 11) is 1.89. The van der Waals surface area contributed by atoms with Crippen LogP contribution in [-0.2, 0) is 14.2 Å². The summed E-state index contributed by atoms with van der Waals surface area (Å²) in [6.45, 7) is 7.16. The molecule has 9 heteroatoms. The van der Waals surface area contributed by atoms with E-state index in [1.165, 1.54) is 17.8 Å². The number of carbonyl (C=O) groups is 1. The number of nitrogens with zero attached hydrogens (tertiary/aromatic N) is 1. The molecule has 0 aromatic carbocycles. The maximum absolute atomic E-state index is 11.9. The molecule has 1 heterocycles. The largest absolute Gasteiger partial charge is 0.449 e. The predicted molar refractivity (Wildman–Crippen MR) is 114 cm³/mol. The van der Waals surface area contributed by atoms with E-state index >= 15 is 0 Å². The zero-order valence-electron chi connectivity index (χ0n) is 17.8. The summed E-state index contributed by atoms with van der Waals surface area (Å²) in [4.78, 5) is 11.9. The standard InChI is InChI=1S/C20H37N5O4.2H2/c1-3-25-19-7-5-16-15(4-6-18(19)23-24-25)17(16)14-29-20(26)22-9-11-28-13-12-27-10-8-21-2;;/h15-17,21,23-24H,3-14H2,1-2H3,(H,22,26);2*1H. The molecule has 0 radical (unpaired) electrons. The molecule has 0 bridgehead atoms. The Kier molecular flexibility index (Phi) is 8.85. The summed E-state index contributed by atoms with van der Waals surface area (Å²) in [6.07, 6.45) is 4.14. The first kappa shape index (κ1) is 22.1. The Morgan fingerprint density at radius 3 is 2.59 bits per heavy atom. The van der Waals surface area contributed by atoms with Gasteiger partial charge in [0, 0.05) is 28.2 Å². The molecule has 3 unspecified atom stereocenters. The molecule has 170 valence electrons. The molecule has 1 aliphatic heterocycles. The van der Waals surface area contributed by atoms with Gasteiger partial charge in [-0.05, 0) is 57.4 Å². The summed E-state index contributed by atoms with van der Waals surface area (Å²) in [5, 5.41) is 7.98. The van der Waals surface area contributed by atoms with Crippen LogP contribution in [0.4, 0.5) is 4.79 Å². The molecule has 29 heavy (non-hydrogen) atoms. The van der Waals surface area contributed by atoms with E-state index in [9.17, 15) is 4.79 Å². The average molecular weight is 416 g/mol. The van der Waals surface area contributed by atoms with Crippen molar-refractivity contribution in [3.63, 3.8) is 0 Å². The van der Waals surface area contributed by atoms with Crippen molar-refractivity contribution in [1.29, 1.82) is 0 Å². The molecule has 1 amide bonds. The van der Waals surface area contributed by atoms with Crippen molar-refractivity contribution in [2.45, 2.75) is 32.6 Å². The SMILES string of the molecule is CCN1NNC2=C1CCC1C(CC2)C1COC(=O)NCCOCCOCCNC.[HH].[HH]. The van der Waals surface area contributed by atoms with Crippen molar-refractivity contribution in [3.8, 4) is 0 Å².